The lowest BCUT2D eigenvalue weighted by atomic mass is 10.0. The summed E-state index contributed by atoms with van der Waals surface area (Å²) in [5, 5.41) is 0. The maximum atomic E-state index is 5.58. The molecule has 2 N–H and O–H groups in total. The van der Waals surface area contributed by atoms with Crippen LogP contribution in [0, 0.1) is 0 Å². The van der Waals surface area contributed by atoms with E-state index in [1.807, 2.05) is 12.1 Å². The molecule has 0 saturated heterocycles. The highest BCUT2D eigenvalue weighted by Gasteiger charge is 1.96. The van der Waals surface area contributed by atoms with Gasteiger partial charge in [-0.25, -0.2) is 0 Å². The van der Waals surface area contributed by atoms with Crippen LogP contribution in [-0.4, -0.2) is 6.54 Å². The van der Waals surface area contributed by atoms with Crippen LogP contribution in [0.3, 0.4) is 0 Å². The molecule has 1 nitrogen and oxygen atoms in total. The van der Waals surface area contributed by atoms with Gasteiger partial charge in [-0.3, -0.25) is 0 Å². The number of allylic oxidation sites excluding steroid dienone is 1. The minimum atomic E-state index is 0.760. The van der Waals surface area contributed by atoms with Gasteiger partial charge in [-0.1, -0.05) is 73.3 Å². The number of hydrogen-bond donors (Lipinski definition) is 1. The smallest absolute Gasteiger partial charge is 0.00741 e. The maximum Gasteiger partial charge on any atom is -0.00741 e. The van der Waals surface area contributed by atoms with Crippen molar-refractivity contribution in [1.29, 1.82) is 0 Å². The standard InChI is InChI=1S/C21H25N/c1-2-20-13-5-6-15-21(20)14-4-3-9-18-10-7-11-19(17-18)12-8-16-22/h2,4-7,10-11,13-15,17H,1,3,8-9,12,16,22H2/b14-4-. The van der Waals surface area contributed by atoms with E-state index in [4.69, 9.17) is 5.73 Å². The SMILES string of the molecule is C=Cc1ccccc1/C=C\CCc1cccc(CCCN)c1. The number of benzene rings is 2. The number of aryl methyl sites for hydroxylation is 2. The van der Waals surface area contributed by atoms with Crippen molar-refractivity contribution in [2.24, 2.45) is 5.73 Å². The molecule has 2 rings (SSSR count). The van der Waals surface area contributed by atoms with Gasteiger partial charge >= 0.3 is 0 Å². The molecule has 0 spiro atoms. The van der Waals surface area contributed by atoms with E-state index in [0.717, 1.165) is 32.2 Å². The third-order valence-electron chi connectivity index (χ3n) is 3.77. The largest absolute Gasteiger partial charge is 0.330 e. The van der Waals surface area contributed by atoms with Gasteiger partial charge in [-0.15, -0.1) is 0 Å². The van der Waals surface area contributed by atoms with E-state index >= 15 is 0 Å². The second-order valence-electron chi connectivity index (χ2n) is 5.49. The molecule has 0 fully saturated rings. The highest BCUT2D eigenvalue weighted by molar-refractivity contribution is 5.64. The fourth-order valence-electron chi connectivity index (χ4n) is 2.56. The van der Waals surface area contributed by atoms with Crippen molar-refractivity contribution in [2.45, 2.75) is 25.7 Å². The molecule has 0 aliphatic carbocycles. The van der Waals surface area contributed by atoms with E-state index in [1.54, 1.807) is 0 Å². The summed E-state index contributed by atoms with van der Waals surface area (Å²) in [6, 6.07) is 17.2. The zero-order valence-electron chi connectivity index (χ0n) is 13.2. The fraction of sp³-hybridized carbons (Fsp3) is 0.238. The van der Waals surface area contributed by atoms with Gasteiger partial charge < -0.3 is 5.73 Å². The highest BCUT2D eigenvalue weighted by Crippen LogP contribution is 2.14. The first-order valence-corrected chi connectivity index (χ1v) is 7.99. The molecular weight excluding hydrogens is 266 g/mol. The number of rotatable bonds is 8. The second kappa shape index (κ2) is 9.01. The summed E-state index contributed by atoms with van der Waals surface area (Å²) in [6.45, 7) is 4.62. The molecule has 0 bridgehead atoms. The Morgan fingerprint density at radius 2 is 1.64 bits per heavy atom. The zero-order chi connectivity index (χ0) is 15.6. The van der Waals surface area contributed by atoms with Crippen molar-refractivity contribution >= 4 is 12.2 Å². The Balaban J connectivity index is 1.90. The summed E-state index contributed by atoms with van der Waals surface area (Å²) >= 11 is 0. The molecule has 1 heteroatoms. The van der Waals surface area contributed by atoms with E-state index in [9.17, 15) is 0 Å². The topological polar surface area (TPSA) is 26.0 Å². The minimum Gasteiger partial charge on any atom is -0.330 e. The molecule has 0 aliphatic heterocycles. The van der Waals surface area contributed by atoms with Crippen LogP contribution in [0.2, 0.25) is 0 Å². The Hall–Kier alpha value is -2.12. The molecule has 0 heterocycles. The van der Waals surface area contributed by atoms with Crippen LogP contribution in [0.4, 0.5) is 0 Å². The molecule has 0 radical (unpaired) electrons. The zero-order valence-corrected chi connectivity index (χ0v) is 13.2. The van der Waals surface area contributed by atoms with Crippen molar-refractivity contribution < 1.29 is 0 Å². The summed E-state index contributed by atoms with van der Waals surface area (Å²) in [5.74, 6) is 0. The lowest BCUT2D eigenvalue weighted by molar-refractivity contribution is 0.830. The van der Waals surface area contributed by atoms with Gasteiger partial charge in [0.05, 0.1) is 0 Å². The molecule has 0 aromatic heterocycles. The maximum absolute atomic E-state index is 5.58. The Labute approximate surface area is 134 Å². The van der Waals surface area contributed by atoms with E-state index < -0.39 is 0 Å². The first kappa shape index (κ1) is 16.3. The average molecular weight is 291 g/mol. The van der Waals surface area contributed by atoms with Crippen molar-refractivity contribution in [2.75, 3.05) is 6.54 Å². The summed E-state index contributed by atoms with van der Waals surface area (Å²) in [5.41, 5.74) is 10.8. The third-order valence-corrected chi connectivity index (χ3v) is 3.77. The number of nitrogens with two attached hydrogens (primary N) is 1. The van der Waals surface area contributed by atoms with E-state index in [1.165, 1.54) is 22.3 Å². The van der Waals surface area contributed by atoms with Crippen LogP contribution in [0.5, 0.6) is 0 Å². The second-order valence-corrected chi connectivity index (χ2v) is 5.49. The van der Waals surface area contributed by atoms with E-state index in [0.29, 0.717) is 0 Å². The van der Waals surface area contributed by atoms with Crippen LogP contribution in [-0.2, 0) is 12.8 Å². The third kappa shape index (κ3) is 5.01. The quantitative estimate of drug-likeness (QED) is 0.738. The van der Waals surface area contributed by atoms with Gasteiger partial charge in [0.1, 0.15) is 0 Å². The van der Waals surface area contributed by atoms with Crippen LogP contribution in [0.25, 0.3) is 12.2 Å². The van der Waals surface area contributed by atoms with Crippen LogP contribution >= 0.6 is 0 Å². The normalized spacial score (nSPS) is 11.0. The van der Waals surface area contributed by atoms with Crippen LogP contribution < -0.4 is 5.73 Å². The van der Waals surface area contributed by atoms with Gasteiger partial charge in [0, 0.05) is 0 Å². The van der Waals surface area contributed by atoms with Gasteiger partial charge in [0.2, 0.25) is 0 Å². The molecule has 0 atom stereocenters. The monoisotopic (exact) mass is 291 g/mol. The van der Waals surface area contributed by atoms with Gasteiger partial charge in [-0.05, 0) is 54.5 Å². The summed E-state index contributed by atoms with van der Waals surface area (Å²) in [6.07, 6.45) is 10.6. The Morgan fingerprint density at radius 3 is 2.36 bits per heavy atom. The lowest BCUT2D eigenvalue weighted by Crippen LogP contribution is -2.00. The first-order valence-electron chi connectivity index (χ1n) is 7.99. The molecule has 0 amide bonds. The molecular formula is C21H25N. The predicted octanol–water partition coefficient (Wildman–Crippen LogP) is 4.87. The molecule has 2 aromatic rings. The molecule has 0 saturated carbocycles. The highest BCUT2D eigenvalue weighted by atomic mass is 14.5. The van der Waals surface area contributed by atoms with Crippen molar-refractivity contribution in [3.63, 3.8) is 0 Å². The van der Waals surface area contributed by atoms with Crippen molar-refractivity contribution in [3.05, 3.63) is 83.4 Å². The molecule has 22 heavy (non-hydrogen) atoms. The minimum absolute atomic E-state index is 0.760. The fourth-order valence-corrected chi connectivity index (χ4v) is 2.56. The average Bonchev–Trinajstić information content (AvgIpc) is 2.57. The predicted molar refractivity (Wildman–Crippen MR) is 97.7 cm³/mol. The Bertz CT molecular complexity index is 625. The summed E-state index contributed by atoms with van der Waals surface area (Å²) in [4.78, 5) is 0. The first-order chi connectivity index (χ1) is 10.8. The van der Waals surface area contributed by atoms with E-state index in [2.05, 4.69) is 61.2 Å². The van der Waals surface area contributed by atoms with Crippen molar-refractivity contribution in [1.82, 2.24) is 0 Å². The van der Waals surface area contributed by atoms with Gasteiger partial charge in [0.15, 0.2) is 0 Å². The summed E-state index contributed by atoms with van der Waals surface area (Å²) < 4.78 is 0. The lowest BCUT2D eigenvalue weighted by Gasteiger charge is -2.04. The van der Waals surface area contributed by atoms with Gasteiger partial charge in [0.25, 0.3) is 0 Å². The van der Waals surface area contributed by atoms with Gasteiger partial charge in [-0.2, -0.15) is 0 Å². The molecule has 2 aromatic carbocycles. The Kier molecular flexibility index (Phi) is 6.66. The summed E-state index contributed by atoms with van der Waals surface area (Å²) in [7, 11) is 0. The van der Waals surface area contributed by atoms with E-state index in [-0.39, 0.29) is 0 Å². The van der Waals surface area contributed by atoms with Crippen molar-refractivity contribution in [3.8, 4) is 0 Å². The van der Waals surface area contributed by atoms with Crippen LogP contribution in [0.1, 0.15) is 35.1 Å². The number of hydrogen-bond acceptors (Lipinski definition) is 1. The molecule has 114 valence electrons. The molecule has 0 unspecified atom stereocenters. The van der Waals surface area contributed by atoms with Crippen LogP contribution in [0.15, 0.2) is 61.2 Å². The Morgan fingerprint density at radius 1 is 0.909 bits per heavy atom. The molecule has 0 aliphatic rings.